The first kappa shape index (κ1) is 22.0. The van der Waals surface area contributed by atoms with Gasteiger partial charge in [0.15, 0.2) is 6.61 Å². The van der Waals surface area contributed by atoms with E-state index in [0.29, 0.717) is 5.03 Å². The Bertz CT molecular complexity index is 663. The number of carbonyl (C=O) groups is 3. The van der Waals surface area contributed by atoms with Gasteiger partial charge in [0.25, 0.3) is 5.91 Å². The van der Waals surface area contributed by atoms with Crippen molar-refractivity contribution >= 4 is 29.5 Å². The van der Waals surface area contributed by atoms with Gasteiger partial charge in [0, 0.05) is 17.3 Å². The number of hydrogen-bond acceptors (Lipinski definition) is 6. The Hall–Kier alpha value is -2.09. The van der Waals surface area contributed by atoms with E-state index in [0.717, 1.165) is 11.8 Å². The molecule has 7 nitrogen and oxygen atoms in total. The molecule has 1 heterocycles. The zero-order valence-corrected chi connectivity index (χ0v) is 17.0. The lowest BCUT2D eigenvalue weighted by Crippen LogP contribution is -2.42. The summed E-state index contributed by atoms with van der Waals surface area (Å²) in [5.74, 6) is -1.06. The number of amides is 2. The van der Waals surface area contributed by atoms with Gasteiger partial charge in [-0.25, -0.2) is 9.78 Å². The number of esters is 1. The van der Waals surface area contributed by atoms with Gasteiger partial charge >= 0.3 is 5.97 Å². The molecule has 0 saturated heterocycles. The maximum absolute atomic E-state index is 12.3. The second-order valence-corrected chi connectivity index (χ2v) is 8.78. The Morgan fingerprint density at radius 3 is 2.19 bits per heavy atom. The summed E-state index contributed by atoms with van der Waals surface area (Å²) in [4.78, 5) is 40.1. The molecule has 2 amide bonds. The first-order valence-corrected chi connectivity index (χ1v) is 9.23. The molecule has 0 bridgehead atoms. The van der Waals surface area contributed by atoms with Crippen molar-refractivity contribution in [2.45, 2.75) is 57.6 Å². The number of nitrogens with one attached hydrogen (secondary N) is 2. The maximum atomic E-state index is 12.3. The topological polar surface area (TPSA) is 97.4 Å². The standard InChI is InChI=1S/C18H27N3O4S/c1-17(2,3)20-13(22)10-25-16(24)12-8-7-9-19-15(12)26-11-14(23)21-18(4,5)6/h7-9H,10-11H2,1-6H3,(H,20,22)(H,21,23). The average Bonchev–Trinajstić information content (AvgIpc) is 2.47. The van der Waals surface area contributed by atoms with Crippen molar-refractivity contribution in [3.05, 3.63) is 23.9 Å². The number of pyridine rings is 1. The molecule has 0 aliphatic carbocycles. The molecule has 144 valence electrons. The third-order valence-corrected chi connectivity index (χ3v) is 3.70. The molecule has 0 saturated carbocycles. The van der Waals surface area contributed by atoms with Crippen LogP contribution in [0, 0.1) is 0 Å². The summed E-state index contributed by atoms with van der Waals surface area (Å²) in [6.45, 7) is 10.8. The van der Waals surface area contributed by atoms with Crippen molar-refractivity contribution in [3.63, 3.8) is 0 Å². The minimum Gasteiger partial charge on any atom is -0.452 e. The van der Waals surface area contributed by atoms with Crippen molar-refractivity contribution in [2.75, 3.05) is 12.4 Å². The fraction of sp³-hybridized carbons (Fsp3) is 0.556. The zero-order chi connectivity index (χ0) is 20.0. The van der Waals surface area contributed by atoms with Crippen LogP contribution < -0.4 is 10.6 Å². The highest BCUT2D eigenvalue weighted by molar-refractivity contribution is 8.00. The van der Waals surface area contributed by atoms with E-state index in [1.54, 1.807) is 12.1 Å². The molecule has 1 rings (SSSR count). The number of nitrogens with zero attached hydrogens (tertiary/aromatic N) is 1. The van der Waals surface area contributed by atoms with Gasteiger partial charge in [-0.1, -0.05) is 11.8 Å². The fourth-order valence-electron chi connectivity index (χ4n) is 1.91. The quantitative estimate of drug-likeness (QED) is 0.579. The van der Waals surface area contributed by atoms with E-state index in [1.165, 1.54) is 6.20 Å². The molecular weight excluding hydrogens is 354 g/mol. The normalized spacial score (nSPS) is 11.6. The first-order chi connectivity index (χ1) is 11.9. The Labute approximate surface area is 158 Å². The Kier molecular flexibility index (Phi) is 7.62. The average molecular weight is 381 g/mol. The second kappa shape index (κ2) is 9.02. The number of ether oxygens (including phenoxy) is 1. The van der Waals surface area contributed by atoms with Crippen LogP contribution in [-0.2, 0) is 14.3 Å². The monoisotopic (exact) mass is 381 g/mol. The van der Waals surface area contributed by atoms with Gasteiger partial charge in [-0.2, -0.15) is 0 Å². The van der Waals surface area contributed by atoms with E-state index in [1.807, 2.05) is 41.5 Å². The molecule has 0 aromatic carbocycles. The third-order valence-electron chi connectivity index (χ3n) is 2.69. The molecule has 0 fully saturated rings. The van der Waals surface area contributed by atoms with Gasteiger partial charge in [0.05, 0.1) is 11.3 Å². The predicted molar refractivity (Wildman–Crippen MR) is 101 cm³/mol. The lowest BCUT2D eigenvalue weighted by molar-refractivity contribution is -0.125. The van der Waals surface area contributed by atoms with Crippen molar-refractivity contribution in [3.8, 4) is 0 Å². The summed E-state index contributed by atoms with van der Waals surface area (Å²) in [7, 11) is 0. The molecule has 0 radical (unpaired) electrons. The molecule has 0 spiro atoms. The minimum atomic E-state index is -0.652. The predicted octanol–water partition coefficient (Wildman–Crippen LogP) is 2.16. The summed E-state index contributed by atoms with van der Waals surface area (Å²) in [6, 6.07) is 3.16. The summed E-state index contributed by atoms with van der Waals surface area (Å²) in [6.07, 6.45) is 1.53. The van der Waals surface area contributed by atoms with Crippen LogP contribution in [0.3, 0.4) is 0 Å². The smallest absolute Gasteiger partial charge is 0.341 e. The third kappa shape index (κ3) is 8.84. The van der Waals surface area contributed by atoms with Crippen LogP contribution in [-0.4, -0.2) is 46.2 Å². The van der Waals surface area contributed by atoms with Crippen LogP contribution in [0.1, 0.15) is 51.9 Å². The van der Waals surface area contributed by atoms with Gasteiger partial charge in [-0.05, 0) is 53.7 Å². The van der Waals surface area contributed by atoms with E-state index in [-0.39, 0.29) is 35.3 Å². The fourth-order valence-corrected chi connectivity index (χ4v) is 2.69. The molecule has 1 aromatic rings. The highest BCUT2D eigenvalue weighted by Gasteiger charge is 2.20. The summed E-state index contributed by atoms with van der Waals surface area (Å²) in [5, 5.41) is 5.94. The largest absolute Gasteiger partial charge is 0.452 e. The highest BCUT2D eigenvalue weighted by atomic mass is 32.2. The lowest BCUT2D eigenvalue weighted by Gasteiger charge is -2.20. The molecule has 0 aliphatic heterocycles. The molecule has 2 N–H and O–H groups in total. The Balaban J connectivity index is 2.66. The van der Waals surface area contributed by atoms with E-state index >= 15 is 0 Å². The Morgan fingerprint density at radius 1 is 1.04 bits per heavy atom. The van der Waals surface area contributed by atoms with E-state index in [4.69, 9.17) is 4.74 Å². The van der Waals surface area contributed by atoms with Crippen LogP contribution in [0.4, 0.5) is 0 Å². The molecule has 1 aromatic heterocycles. The summed E-state index contributed by atoms with van der Waals surface area (Å²) < 4.78 is 5.06. The van der Waals surface area contributed by atoms with Crippen LogP contribution in [0.2, 0.25) is 0 Å². The molecule has 26 heavy (non-hydrogen) atoms. The van der Waals surface area contributed by atoms with Crippen molar-refractivity contribution in [1.29, 1.82) is 0 Å². The van der Waals surface area contributed by atoms with Gasteiger partial charge in [0.2, 0.25) is 5.91 Å². The van der Waals surface area contributed by atoms with E-state index < -0.39 is 11.5 Å². The van der Waals surface area contributed by atoms with Crippen LogP contribution in [0.25, 0.3) is 0 Å². The molecule has 0 unspecified atom stereocenters. The van der Waals surface area contributed by atoms with Crippen molar-refractivity contribution in [2.24, 2.45) is 0 Å². The summed E-state index contributed by atoms with van der Waals surface area (Å²) >= 11 is 1.14. The first-order valence-electron chi connectivity index (χ1n) is 8.24. The van der Waals surface area contributed by atoms with Crippen LogP contribution >= 0.6 is 11.8 Å². The Morgan fingerprint density at radius 2 is 1.62 bits per heavy atom. The lowest BCUT2D eigenvalue weighted by atomic mass is 10.1. The number of aromatic nitrogens is 1. The highest BCUT2D eigenvalue weighted by Crippen LogP contribution is 2.20. The van der Waals surface area contributed by atoms with Gasteiger partial charge in [-0.15, -0.1) is 0 Å². The second-order valence-electron chi connectivity index (χ2n) is 7.82. The van der Waals surface area contributed by atoms with Crippen LogP contribution in [0.5, 0.6) is 0 Å². The van der Waals surface area contributed by atoms with Crippen LogP contribution in [0.15, 0.2) is 23.4 Å². The molecule has 8 heteroatoms. The molecule has 0 aliphatic rings. The van der Waals surface area contributed by atoms with Gasteiger partial charge in [0.1, 0.15) is 5.03 Å². The number of rotatable bonds is 6. The number of thioether (sulfide) groups is 1. The number of carbonyl (C=O) groups excluding carboxylic acids is 3. The summed E-state index contributed by atoms with van der Waals surface area (Å²) in [5.41, 5.74) is -0.506. The van der Waals surface area contributed by atoms with Gasteiger partial charge in [-0.3, -0.25) is 9.59 Å². The van der Waals surface area contributed by atoms with Gasteiger partial charge < -0.3 is 15.4 Å². The maximum Gasteiger partial charge on any atom is 0.341 e. The minimum absolute atomic E-state index is 0.124. The van der Waals surface area contributed by atoms with E-state index in [9.17, 15) is 14.4 Å². The van der Waals surface area contributed by atoms with Crippen molar-refractivity contribution < 1.29 is 19.1 Å². The molecular formula is C18H27N3O4S. The SMILES string of the molecule is CC(C)(C)NC(=O)COC(=O)c1cccnc1SCC(=O)NC(C)(C)C. The number of hydrogen-bond donors (Lipinski definition) is 2. The van der Waals surface area contributed by atoms with E-state index in [2.05, 4.69) is 15.6 Å². The van der Waals surface area contributed by atoms with Crippen molar-refractivity contribution in [1.82, 2.24) is 15.6 Å². The zero-order valence-electron chi connectivity index (χ0n) is 16.1. The molecule has 0 atom stereocenters.